The number of rotatable bonds is 2. The summed E-state index contributed by atoms with van der Waals surface area (Å²) in [4.78, 5) is 11.5. The van der Waals surface area contributed by atoms with Crippen LogP contribution in [-0.4, -0.2) is 17.7 Å². The Hall–Kier alpha value is -0.770. The molecule has 1 unspecified atom stereocenters. The highest BCUT2D eigenvalue weighted by molar-refractivity contribution is 5.67. The first kappa shape index (κ1) is 15.3. The van der Waals surface area contributed by atoms with Crippen LogP contribution in [0.25, 0.3) is 0 Å². The first-order valence-corrected chi connectivity index (χ1v) is 6.92. The van der Waals surface area contributed by atoms with Crippen molar-refractivity contribution < 1.29 is 9.53 Å². The van der Waals surface area contributed by atoms with Crippen LogP contribution in [0.2, 0.25) is 0 Å². The highest BCUT2D eigenvalue weighted by Crippen LogP contribution is 2.33. The summed E-state index contributed by atoms with van der Waals surface area (Å²) in [5.74, 6) is 0. The van der Waals surface area contributed by atoms with Crippen molar-refractivity contribution in [1.82, 2.24) is 10.9 Å². The highest BCUT2D eigenvalue weighted by Gasteiger charge is 2.24. The van der Waals surface area contributed by atoms with Crippen LogP contribution in [0.4, 0.5) is 4.79 Å². The third kappa shape index (κ3) is 6.24. The van der Waals surface area contributed by atoms with Crippen LogP contribution < -0.4 is 10.9 Å². The first-order chi connectivity index (χ1) is 8.18. The van der Waals surface area contributed by atoms with Gasteiger partial charge in [0.05, 0.1) is 0 Å². The molecule has 0 heterocycles. The zero-order valence-corrected chi connectivity index (χ0v) is 12.4. The van der Waals surface area contributed by atoms with Crippen LogP contribution in [0, 0.1) is 5.41 Å². The van der Waals surface area contributed by atoms with Crippen molar-refractivity contribution in [2.45, 2.75) is 78.4 Å². The maximum absolute atomic E-state index is 11.5. The lowest BCUT2D eigenvalue weighted by molar-refractivity contribution is 0.0485. The highest BCUT2D eigenvalue weighted by atomic mass is 16.6. The summed E-state index contributed by atoms with van der Waals surface area (Å²) in [6.07, 6.45) is 5.48. The second kappa shape index (κ2) is 5.91. The van der Waals surface area contributed by atoms with Gasteiger partial charge in [0.2, 0.25) is 0 Å². The van der Waals surface area contributed by atoms with E-state index in [9.17, 15) is 4.79 Å². The summed E-state index contributed by atoms with van der Waals surface area (Å²) in [5.41, 5.74) is 5.74. The van der Waals surface area contributed by atoms with Crippen molar-refractivity contribution in [1.29, 1.82) is 0 Å². The fourth-order valence-corrected chi connectivity index (χ4v) is 2.27. The van der Waals surface area contributed by atoms with E-state index in [-0.39, 0.29) is 0 Å². The van der Waals surface area contributed by atoms with Gasteiger partial charge in [0.1, 0.15) is 5.60 Å². The van der Waals surface area contributed by atoms with Crippen LogP contribution in [0.1, 0.15) is 66.7 Å². The molecule has 0 aromatic carbocycles. The second-order valence-corrected chi connectivity index (χ2v) is 7.06. The van der Waals surface area contributed by atoms with Crippen LogP contribution in [-0.2, 0) is 4.74 Å². The molecule has 0 aromatic rings. The molecule has 0 saturated heterocycles. The lowest BCUT2D eigenvalue weighted by Crippen LogP contribution is -2.46. The van der Waals surface area contributed by atoms with Gasteiger partial charge < -0.3 is 4.74 Å². The van der Waals surface area contributed by atoms with Crippen molar-refractivity contribution in [2.24, 2.45) is 5.41 Å². The van der Waals surface area contributed by atoms with Gasteiger partial charge in [-0.15, -0.1) is 0 Å². The van der Waals surface area contributed by atoms with E-state index in [0.717, 1.165) is 12.8 Å². The van der Waals surface area contributed by atoms with E-state index < -0.39 is 11.7 Å². The van der Waals surface area contributed by atoms with Crippen LogP contribution in [0.15, 0.2) is 0 Å². The van der Waals surface area contributed by atoms with Gasteiger partial charge >= 0.3 is 6.09 Å². The van der Waals surface area contributed by atoms with Crippen LogP contribution in [0.5, 0.6) is 0 Å². The molecular formula is C14H28N2O2. The SMILES string of the molecule is CC1(C)CCCC(NNC(=O)OC(C)(C)C)CC1. The molecule has 0 aliphatic heterocycles. The van der Waals surface area contributed by atoms with Gasteiger partial charge in [-0.05, 0) is 51.9 Å². The zero-order chi connectivity index (χ0) is 13.8. The van der Waals surface area contributed by atoms with Crippen molar-refractivity contribution in [3.8, 4) is 0 Å². The standard InChI is InChI=1S/C14H28N2O2/c1-13(2,3)18-12(17)16-15-11-7-6-9-14(4,5)10-8-11/h11,15H,6-10H2,1-5H3,(H,16,17). The number of carbonyl (C=O) groups is 1. The number of nitrogens with one attached hydrogen (secondary N) is 2. The molecule has 1 atom stereocenters. The maximum Gasteiger partial charge on any atom is 0.422 e. The number of hydrogen-bond acceptors (Lipinski definition) is 3. The minimum absolute atomic E-state index is 0.360. The number of carbonyl (C=O) groups excluding carboxylic acids is 1. The summed E-state index contributed by atoms with van der Waals surface area (Å²) >= 11 is 0. The average Bonchev–Trinajstić information content (AvgIpc) is 2.34. The molecule has 4 nitrogen and oxygen atoms in total. The summed E-state index contributed by atoms with van der Waals surface area (Å²) < 4.78 is 5.19. The summed E-state index contributed by atoms with van der Waals surface area (Å²) in [6.45, 7) is 10.2. The summed E-state index contributed by atoms with van der Waals surface area (Å²) in [5, 5.41) is 0. The Morgan fingerprint density at radius 3 is 2.50 bits per heavy atom. The fourth-order valence-electron chi connectivity index (χ4n) is 2.27. The minimum Gasteiger partial charge on any atom is -0.443 e. The number of amides is 1. The van der Waals surface area contributed by atoms with Crippen molar-refractivity contribution in [2.75, 3.05) is 0 Å². The molecule has 0 aromatic heterocycles. The Labute approximate surface area is 111 Å². The number of hydrazine groups is 1. The molecule has 106 valence electrons. The Balaban J connectivity index is 2.29. The molecule has 18 heavy (non-hydrogen) atoms. The van der Waals surface area contributed by atoms with Gasteiger partial charge in [-0.25, -0.2) is 10.2 Å². The molecular weight excluding hydrogens is 228 g/mol. The summed E-state index contributed by atoms with van der Waals surface area (Å²) in [6, 6.07) is 0.360. The molecule has 1 amide bonds. The van der Waals surface area contributed by atoms with Gasteiger partial charge in [-0.1, -0.05) is 20.3 Å². The normalized spacial score (nSPS) is 24.2. The van der Waals surface area contributed by atoms with E-state index in [2.05, 4.69) is 24.7 Å². The predicted octanol–water partition coefficient (Wildman–Crippen LogP) is 3.37. The third-order valence-electron chi connectivity index (χ3n) is 3.35. The molecule has 1 saturated carbocycles. The Morgan fingerprint density at radius 1 is 1.22 bits per heavy atom. The second-order valence-electron chi connectivity index (χ2n) is 7.06. The summed E-state index contributed by atoms with van der Waals surface area (Å²) in [7, 11) is 0. The van der Waals surface area contributed by atoms with Gasteiger partial charge in [-0.3, -0.25) is 5.43 Å². The van der Waals surface area contributed by atoms with E-state index in [1.807, 2.05) is 20.8 Å². The predicted molar refractivity (Wildman–Crippen MR) is 73.2 cm³/mol. The molecule has 2 N–H and O–H groups in total. The molecule has 1 rings (SSSR count). The topological polar surface area (TPSA) is 50.4 Å². The molecule has 0 spiro atoms. The van der Waals surface area contributed by atoms with Crippen LogP contribution in [0.3, 0.4) is 0 Å². The van der Waals surface area contributed by atoms with E-state index >= 15 is 0 Å². The maximum atomic E-state index is 11.5. The van der Waals surface area contributed by atoms with Gasteiger partial charge in [-0.2, -0.15) is 0 Å². The monoisotopic (exact) mass is 256 g/mol. The minimum atomic E-state index is -0.447. The molecule has 1 aliphatic carbocycles. The Morgan fingerprint density at radius 2 is 1.89 bits per heavy atom. The van der Waals surface area contributed by atoms with E-state index in [1.165, 1.54) is 19.3 Å². The Bertz CT molecular complexity index is 282. The largest absolute Gasteiger partial charge is 0.443 e. The van der Waals surface area contributed by atoms with Gasteiger partial charge in [0.15, 0.2) is 0 Å². The molecule has 1 fully saturated rings. The molecule has 0 bridgehead atoms. The third-order valence-corrected chi connectivity index (χ3v) is 3.35. The quantitative estimate of drug-likeness (QED) is 0.588. The van der Waals surface area contributed by atoms with Gasteiger partial charge in [0, 0.05) is 6.04 Å². The number of ether oxygens (including phenoxy) is 1. The average molecular weight is 256 g/mol. The van der Waals surface area contributed by atoms with Crippen molar-refractivity contribution in [3.63, 3.8) is 0 Å². The van der Waals surface area contributed by atoms with E-state index in [1.54, 1.807) is 0 Å². The number of hydrogen-bond donors (Lipinski definition) is 2. The van der Waals surface area contributed by atoms with Crippen LogP contribution >= 0.6 is 0 Å². The van der Waals surface area contributed by atoms with E-state index in [4.69, 9.17) is 4.74 Å². The fraction of sp³-hybridized carbons (Fsp3) is 0.929. The van der Waals surface area contributed by atoms with Crippen molar-refractivity contribution in [3.05, 3.63) is 0 Å². The molecule has 0 radical (unpaired) electrons. The van der Waals surface area contributed by atoms with Gasteiger partial charge in [0.25, 0.3) is 0 Å². The van der Waals surface area contributed by atoms with E-state index in [0.29, 0.717) is 11.5 Å². The molecule has 1 aliphatic rings. The molecule has 4 heteroatoms. The first-order valence-electron chi connectivity index (χ1n) is 6.92. The Kier molecular flexibility index (Phi) is 5.02. The zero-order valence-electron chi connectivity index (χ0n) is 12.4. The van der Waals surface area contributed by atoms with Crippen molar-refractivity contribution >= 4 is 6.09 Å². The lowest BCUT2D eigenvalue weighted by Gasteiger charge is -2.23. The lowest BCUT2D eigenvalue weighted by atomic mass is 9.85. The smallest absolute Gasteiger partial charge is 0.422 e.